The number of carbonyl (C=O) groups excluding carboxylic acids is 1. The van der Waals surface area contributed by atoms with Gasteiger partial charge in [-0.1, -0.05) is 0 Å². The van der Waals surface area contributed by atoms with Crippen LogP contribution in [0.15, 0.2) is 6.20 Å². The summed E-state index contributed by atoms with van der Waals surface area (Å²) in [4.78, 5) is 28.3. The number of carboxylic acids is 1. The first-order valence-electron chi connectivity index (χ1n) is 6.03. The van der Waals surface area contributed by atoms with Crippen molar-refractivity contribution >= 4 is 12.1 Å². The van der Waals surface area contributed by atoms with E-state index < -0.39 is 17.7 Å². The predicted octanol–water partition coefficient (Wildman–Crippen LogP) is 1.33. The van der Waals surface area contributed by atoms with Crippen LogP contribution in [0.4, 0.5) is 4.79 Å². The second-order valence-electron chi connectivity index (χ2n) is 5.43. The van der Waals surface area contributed by atoms with Gasteiger partial charge in [0, 0.05) is 13.1 Å². The molecular weight excluding hydrogens is 250 g/mol. The second kappa shape index (κ2) is 4.56. The summed E-state index contributed by atoms with van der Waals surface area (Å²) in [6.45, 7) is 6.56. The lowest BCUT2D eigenvalue weighted by molar-refractivity contribution is 0.0198. The van der Waals surface area contributed by atoms with Crippen molar-refractivity contribution in [2.45, 2.75) is 39.5 Å². The molecule has 0 aromatic carbocycles. The SMILES string of the molecule is CC(C)(C)OC(=O)N1CCn2c(cnc2C(=O)O)C1. The smallest absolute Gasteiger partial charge is 0.410 e. The van der Waals surface area contributed by atoms with Gasteiger partial charge in [-0.05, 0) is 20.8 Å². The van der Waals surface area contributed by atoms with Crippen molar-refractivity contribution in [3.05, 3.63) is 17.7 Å². The van der Waals surface area contributed by atoms with Gasteiger partial charge in [0.1, 0.15) is 5.60 Å². The van der Waals surface area contributed by atoms with Crippen molar-refractivity contribution in [1.82, 2.24) is 14.5 Å². The van der Waals surface area contributed by atoms with E-state index in [-0.39, 0.29) is 5.82 Å². The fourth-order valence-electron chi connectivity index (χ4n) is 1.94. The lowest BCUT2D eigenvalue weighted by atomic mass is 10.2. The molecular formula is C12H17N3O4. The average molecular weight is 267 g/mol. The van der Waals surface area contributed by atoms with Crippen molar-refractivity contribution in [3.63, 3.8) is 0 Å². The summed E-state index contributed by atoms with van der Waals surface area (Å²) in [5.41, 5.74) is 0.163. The van der Waals surface area contributed by atoms with E-state index in [9.17, 15) is 9.59 Å². The van der Waals surface area contributed by atoms with Gasteiger partial charge in [0.05, 0.1) is 18.4 Å². The van der Waals surface area contributed by atoms with Crippen molar-refractivity contribution in [2.24, 2.45) is 0 Å². The third-order valence-corrected chi connectivity index (χ3v) is 2.73. The van der Waals surface area contributed by atoms with E-state index in [2.05, 4.69) is 4.98 Å². The lowest BCUT2D eigenvalue weighted by Crippen LogP contribution is -2.41. The number of carboxylic acid groups (broad SMARTS) is 1. The van der Waals surface area contributed by atoms with Crippen LogP contribution in [0.2, 0.25) is 0 Å². The molecule has 0 bridgehead atoms. The highest BCUT2D eigenvalue weighted by molar-refractivity contribution is 5.83. The Balaban J connectivity index is 2.11. The third kappa shape index (κ3) is 2.86. The first-order chi connectivity index (χ1) is 8.78. The number of aromatic nitrogens is 2. The topological polar surface area (TPSA) is 84.7 Å². The van der Waals surface area contributed by atoms with E-state index >= 15 is 0 Å². The van der Waals surface area contributed by atoms with Crippen molar-refractivity contribution in [2.75, 3.05) is 6.54 Å². The van der Waals surface area contributed by atoms with Gasteiger partial charge >= 0.3 is 12.1 Å². The van der Waals surface area contributed by atoms with E-state index in [1.54, 1.807) is 9.47 Å². The molecule has 1 aromatic heterocycles. The zero-order chi connectivity index (χ0) is 14.2. The second-order valence-corrected chi connectivity index (χ2v) is 5.43. The van der Waals surface area contributed by atoms with Crippen LogP contribution in [0.3, 0.4) is 0 Å². The zero-order valence-corrected chi connectivity index (χ0v) is 11.2. The molecule has 0 aliphatic carbocycles. The van der Waals surface area contributed by atoms with Crippen LogP contribution in [0, 0.1) is 0 Å². The molecule has 1 aliphatic heterocycles. The van der Waals surface area contributed by atoms with Gasteiger partial charge in [-0.15, -0.1) is 0 Å². The number of nitrogens with zero attached hydrogens (tertiary/aromatic N) is 3. The maximum Gasteiger partial charge on any atom is 0.410 e. The minimum absolute atomic E-state index is 0.0128. The molecule has 0 atom stereocenters. The van der Waals surface area contributed by atoms with Crippen LogP contribution >= 0.6 is 0 Å². The molecule has 7 heteroatoms. The Morgan fingerprint density at radius 2 is 2.05 bits per heavy atom. The average Bonchev–Trinajstić information content (AvgIpc) is 2.68. The van der Waals surface area contributed by atoms with Crippen LogP contribution in [0.25, 0.3) is 0 Å². The van der Waals surface area contributed by atoms with Crippen LogP contribution in [0.5, 0.6) is 0 Å². The highest BCUT2D eigenvalue weighted by atomic mass is 16.6. The van der Waals surface area contributed by atoms with E-state index in [0.717, 1.165) is 0 Å². The van der Waals surface area contributed by atoms with Gasteiger partial charge in [0.2, 0.25) is 5.82 Å². The summed E-state index contributed by atoms with van der Waals surface area (Å²) in [6.07, 6.45) is 1.09. The molecule has 2 heterocycles. The molecule has 0 radical (unpaired) electrons. The van der Waals surface area contributed by atoms with Gasteiger partial charge in [-0.2, -0.15) is 0 Å². The van der Waals surface area contributed by atoms with Crippen molar-refractivity contribution < 1.29 is 19.4 Å². The first-order valence-corrected chi connectivity index (χ1v) is 6.03. The van der Waals surface area contributed by atoms with E-state index in [1.165, 1.54) is 6.20 Å². The summed E-state index contributed by atoms with van der Waals surface area (Å²) >= 11 is 0. The number of rotatable bonds is 1. The van der Waals surface area contributed by atoms with Crippen molar-refractivity contribution in [1.29, 1.82) is 0 Å². The van der Waals surface area contributed by atoms with Gasteiger partial charge < -0.3 is 19.3 Å². The number of fused-ring (bicyclic) bond motifs is 1. The first kappa shape index (κ1) is 13.4. The molecule has 1 aliphatic rings. The molecule has 2 rings (SSSR count). The molecule has 1 N–H and O–H groups in total. The molecule has 1 amide bonds. The summed E-state index contributed by atoms with van der Waals surface area (Å²) in [6, 6.07) is 0. The fraction of sp³-hybridized carbons (Fsp3) is 0.583. The molecule has 1 aromatic rings. The molecule has 7 nitrogen and oxygen atoms in total. The maximum absolute atomic E-state index is 11.9. The Bertz CT molecular complexity index is 516. The number of carbonyl (C=O) groups is 2. The Morgan fingerprint density at radius 1 is 1.37 bits per heavy atom. The molecule has 104 valence electrons. The van der Waals surface area contributed by atoms with E-state index in [1.807, 2.05) is 20.8 Å². The molecule has 0 unspecified atom stereocenters. The monoisotopic (exact) mass is 267 g/mol. The predicted molar refractivity (Wildman–Crippen MR) is 65.8 cm³/mol. The largest absolute Gasteiger partial charge is 0.475 e. The number of aromatic carboxylic acids is 1. The minimum Gasteiger partial charge on any atom is -0.475 e. The van der Waals surface area contributed by atoms with Gasteiger partial charge in [0.25, 0.3) is 0 Å². The van der Waals surface area contributed by atoms with Gasteiger partial charge in [0.15, 0.2) is 0 Å². The van der Waals surface area contributed by atoms with Crippen LogP contribution in [0.1, 0.15) is 37.1 Å². The summed E-state index contributed by atoms with van der Waals surface area (Å²) in [5.74, 6) is -1.05. The van der Waals surface area contributed by atoms with E-state index in [4.69, 9.17) is 9.84 Å². The third-order valence-electron chi connectivity index (χ3n) is 2.73. The molecule has 0 spiro atoms. The summed E-state index contributed by atoms with van der Waals surface area (Å²) < 4.78 is 6.90. The molecule has 0 saturated heterocycles. The number of amides is 1. The standard InChI is InChI=1S/C12H17N3O4/c1-12(2,3)19-11(18)14-4-5-15-8(7-14)6-13-9(15)10(16)17/h6H,4-5,7H2,1-3H3,(H,16,17). The summed E-state index contributed by atoms with van der Waals surface area (Å²) in [5, 5.41) is 8.97. The molecule has 0 fully saturated rings. The quantitative estimate of drug-likeness (QED) is 0.829. The molecule has 19 heavy (non-hydrogen) atoms. The normalized spacial score (nSPS) is 15.0. The highest BCUT2D eigenvalue weighted by Crippen LogP contribution is 2.17. The van der Waals surface area contributed by atoms with Crippen LogP contribution in [-0.2, 0) is 17.8 Å². The lowest BCUT2D eigenvalue weighted by Gasteiger charge is -2.30. The number of ether oxygens (including phenoxy) is 1. The Morgan fingerprint density at radius 3 is 2.63 bits per heavy atom. The Hall–Kier alpha value is -2.05. The maximum atomic E-state index is 11.9. The minimum atomic E-state index is -1.06. The number of hydrogen-bond donors (Lipinski definition) is 1. The zero-order valence-electron chi connectivity index (χ0n) is 11.2. The van der Waals surface area contributed by atoms with Gasteiger partial charge in [-0.25, -0.2) is 14.6 Å². The fourth-order valence-corrected chi connectivity index (χ4v) is 1.94. The number of imidazole rings is 1. The highest BCUT2D eigenvalue weighted by Gasteiger charge is 2.28. The Kier molecular flexibility index (Phi) is 3.21. The molecule has 0 saturated carbocycles. The Labute approximate surface area is 110 Å². The van der Waals surface area contributed by atoms with E-state index in [0.29, 0.717) is 25.3 Å². The van der Waals surface area contributed by atoms with Crippen molar-refractivity contribution in [3.8, 4) is 0 Å². The van der Waals surface area contributed by atoms with Crippen LogP contribution in [-0.4, -0.2) is 43.8 Å². The van der Waals surface area contributed by atoms with Gasteiger partial charge in [-0.3, -0.25) is 0 Å². The summed E-state index contributed by atoms with van der Waals surface area (Å²) in [7, 11) is 0. The van der Waals surface area contributed by atoms with Crippen LogP contribution < -0.4 is 0 Å². The number of hydrogen-bond acceptors (Lipinski definition) is 4.